The number of rotatable bonds is 6. The summed E-state index contributed by atoms with van der Waals surface area (Å²) in [5.74, 6) is 0. The fourth-order valence-corrected chi connectivity index (χ4v) is 10.4. The van der Waals surface area contributed by atoms with E-state index in [-0.39, 0.29) is 0 Å². The Kier molecular flexibility index (Phi) is 7.03. The molecule has 5 heteroatoms. The van der Waals surface area contributed by atoms with Crippen LogP contribution in [0.1, 0.15) is 27.7 Å². The van der Waals surface area contributed by atoms with E-state index in [1.54, 1.807) is 0 Å². The second-order valence-electron chi connectivity index (χ2n) is 2.85. The topological polar surface area (TPSA) is 6.48 Å². The first-order chi connectivity index (χ1) is 6.04. The van der Waals surface area contributed by atoms with Crippen LogP contribution in [0.2, 0.25) is 0 Å². The molecule has 13 heavy (non-hydrogen) atoms. The van der Waals surface area contributed by atoms with Crippen LogP contribution in [-0.4, -0.2) is 45.7 Å². The molecule has 0 aromatic heterocycles. The Morgan fingerprint density at radius 1 is 0.769 bits per heavy atom. The Balaban J connectivity index is 4.48. The van der Waals surface area contributed by atoms with Crippen LogP contribution < -0.4 is 0 Å². The standard InChI is InChI=1S/C8H20Cl2GeN2/c1-5-12(6-2)11(9,10)13(7-3)8-4/h5-8H2,1-4H3. The van der Waals surface area contributed by atoms with E-state index in [2.05, 4.69) is 35.4 Å². The second kappa shape index (κ2) is 6.51. The maximum absolute atomic E-state index is 6.47. The Morgan fingerprint density at radius 3 is 1.15 bits per heavy atom. The summed E-state index contributed by atoms with van der Waals surface area (Å²) in [4.78, 5) is 0. The van der Waals surface area contributed by atoms with Gasteiger partial charge in [-0.2, -0.15) is 0 Å². The molecule has 0 atom stereocenters. The number of nitrogens with zero attached hydrogens (tertiary/aromatic N) is 2. The summed E-state index contributed by atoms with van der Waals surface area (Å²) in [5.41, 5.74) is 0. The normalized spacial score (nSPS) is 12.9. The van der Waals surface area contributed by atoms with Crippen molar-refractivity contribution < 1.29 is 0 Å². The molecule has 0 saturated heterocycles. The van der Waals surface area contributed by atoms with E-state index in [0.717, 1.165) is 26.2 Å². The zero-order valence-electron chi connectivity index (χ0n) is 8.98. The quantitative estimate of drug-likeness (QED) is 0.693. The molecule has 0 spiro atoms. The molecule has 0 saturated carbocycles. The van der Waals surface area contributed by atoms with E-state index in [1.807, 2.05) is 0 Å². The molecule has 0 aliphatic rings. The van der Waals surface area contributed by atoms with Gasteiger partial charge in [-0.05, 0) is 0 Å². The summed E-state index contributed by atoms with van der Waals surface area (Å²) in [6.07, 6.45) is 0. The van der Waals surface area contributed by atoms with E-state index in [0.29, 0.717) is 0 Å². The second-order valence-corrected chi connectivity index (χ2v) is 14.1. The van der Waals surface area contributed by atoms with E-state index < -0.39 is 11.9 Å². The van der Waals surface area contributed by atoms with Crippen molar-refractivity contribution in [3.05, 3.63) is 0 Å². The first kappa shape index (κ1) is 14.0. The summed E-state index contributed by atoms with van der Waals surface area (Å²) in [6.45, 7) is 12.2. The van der Waals surface area contributed by atoms with Crippen molar-refractivity contribution in [3.63, 3.8) is 0 Å². The molecule has 0 N–H and O–H groups in total. The van der Waals surface area contributed by atoms with Crippen molar-refractivity contribution in [2.45, 2.75) is 27.7 Å². The molecule has 0 aliphatic heterocycles. The van der Waals surface area contributed by atoms with Crippen LogP contribution in [0.15, 0.2) is 0 Å². The third-order valence-electron chi connectivity index (χ3n) is 2.29. The zero-order chi connectivity index (χ0) is 10.5. The molecule has 0 aromatic rings. The number of hydrogen-bond acceptors (Lipinski definition) is 2. The van der Waals surface area contributed by atoms with Crippen LogP contribution in [-0.2, 0) is 0 Å². The molecule has 0 heterocycles. The fraction of sp³-hybridized carbons (Fsp3) is 1.00. The van der Waals surface area contributed by atoms with Crippen molar-refractivity contribution >= 4 is 31.9 Å². The summed E-state index contributed by atoms with van der Waals surface area (Å²) < 4.78 is 4.44. The third-order valence-corrected chi connectivity index (χ3v) is 13.1. The van der Waals surface area contributed by atoms with Gasteiger partial charge in [0.05, 0.1) is 0 Å². The van der Waals surface area contributed by atoms with E-state index in [4.69, 9.17) is 20.0 Å². The molecule has 80 valence electrons. The molecule has 0 radical (unpaired) electrons. The molecule has 0 aromatic carbocycles. The van der Waals surface area contributed by atoms with Gasteiger partial charge in [-0.15, -0.1) is 0 Å². The van der Waals surface area contributed by atoms with Crippen LogP contribution in [0.4, 0.5) is 0 Å². The fourth-order valence-electron chi connectivity index (χ4n) is 1.41. The van der Waals surface area contributed by atoms with E-state index in [1.165, 1.54) is 0 Å². The van der Waals surface area contributed by atoms with Crippen molar-refractivity contribution in [3.8, 4) is 0 Å². The van der Waals surface area contributed by atoms with Gasteiger partial charge in [0.15, 0.2) is 0 Å². The number of halogens is 2. The molecule has 2 nitrogen and oxygen atoms in total. The average molecular weight is 288 g/mol. The Labute approximate surface area is 93.3 Å². The molecular weight excluding hydrogens is 268 g/mol. The Morgan fingerprint density at radius 2 is 1.00 bits per heavy atom. The number of hydrogen-bond donors (Lipinski definition) is 0. The summed E-state index contributed by atoms with van der Waals surface area (Å²) >= 11 is -2.88. The van der Waals surface area contributed by atoms with Gasteiger partial charge in [0.1, 0.15) is 0 Å². The molecule has 0 rings (SSSR count). The molecule has 0 aliphatic carbocycles. The molecule has 0 unspecified atom stereocenters. The Hall–Kier alpha value is 1.04. The summed E-state index contributed by atoms with van der Waals surface area (Å²) in [7, 11) is 12.9. The van der Waals surface area contributed by atoms with Gasteiger partial charge in [-0.1, -0.05) is 0 Å². The van der Waals surface area contributed by atoms with Gasteiger partial charge < -0.3 is 0 Å². The summed E-state index contributed by atoms with van der Waals surface area (Å²) in [6, 6.07) is 0. The SMILES string of the molecule is CC[N](CC)[Ge]([Cl])([Cl])[N](CC)CC. The minimum absolute atomic E-state index is 0.944. The summed E-state index contributed by atoms with van der Waals surface area (Å²) in [5, 5.41) is 0. The van der Waals surface area contributed by atoms with Gasteiger partial charge in [-0.25, -0.2) is 0 Å². The molecule has 0 bridgehead atoms. The predicted molar refractivity (Wildman–Crippen MR) is 63.3 cm³/mol. The molecular formula is C8H20Cl2GeN2. The first-order valence-corrected chi connectivity index (χ1v) is 12.3. The van der Waals surface area contributed by atoms with Crippen LogP contribution >= 0.6 is 20.0 Å². The first-order valence-electron chi connectivity index (χ1n) is 4.92. The molecule has 0 fully saturated rings. The van der Waals surface area contributed by atoms with Gasteiger partial charge in [0.25, 0.3) is 0 Å². The van der Waals surface area contributed by atoms with Gasteiger partial charge >= 0.3 is 93.5 Å². The van der Waals surface area contributed by atoms with Crippen molar-refractivity contribution in [1.82, 2.24) is 7.71 Å². The Bertz CT molecular complexity index is 122. The van der Waals surface area contributed by atoms with Crippen molar-refractivity contribution in [2.75, 3.05) is 26.2 Å². The van der Waals surface area contributed by atoms with Crippen LogP contribution in [0.3, 0.4) is 0 Å². The minimum atomic E-state index is -2.88. The van der Waals surface area contributed by atoms with Crippen LogP contribution in [0.5, 0.6) is 0 Å². The van der Waals surface area contributed by atoms with E-state index >= 15 is 0 Å². The average Bonchev–Trinajstić information content (AvgIpc) is 2.07. The predicted octanol–water partition coefficient (Wildman–Crippen LogP) is 2.58. The maximum atomic E-state index is 6.47. The van der Waals surface area contributed by atoms with Crippen molar-refractivity contribution in [2.24, 2.45) is 0 Å². The van der Waals surface area contributed by atoms with Gasteiger partial charge in [0.2, 0.25) is 0 Å². The van der Waals surface area contributed by atoms with Crippen molar-refractivity contribution in [1.29, 1.82) is 0 Å². The van der Waals surface area contributed by atoms with Gasteiger partial charge in [-0.3, -0.25) is 0 Å². The van der Waals surface area contributed by atoms with Crippen LogP contribution in [0, 0.1) is 0 Å². The van der Waals surface area contributed by atoms with E-state index in [9.17, 15) is 0 Å². The molecule has 0 amide bonds. The zero-order valence-corrected chi connectivity index (χ0v) is 12.6. The van der Waals surface area contributed by atoms with Crippen LogP contribution in [0.25, 0.3) is 0 Å². The monoisotopic (exact) mass is 288 g/mol. The third kappa shape index (κ3) is 3.59. The van der Waals surface area contributed by atoms with Gasteiger partial charge in [0, 0.05) is 0 Å².